The molecule has 0 aromatic heterocycles. The summed E-state index contributed by atoms with van der Waals surface area (Å²) >= 11 is 0. The summed E-state index contributed by atoms with van der Waals surface area (Å²) in [6.07, 6.45) is -0.734. The van der Waals surface area contributed by atoms with Crippen LogP contribution in [0, 0.1) is 0 Å². The molecule has 7 heteroatoms. The van der Waals surface area contributed by atoms with Crippen LogP contribution in [0.25, 0.3) is 0 Å². The first-order valence-electron chi connectivity index (χ1n) is 4.59. The Hall–Kier alpha value is -1.54. The molecule has 0 bridgehead atoms. The Morgan fingerprint density at radius 3 is 2.56 bits per heavy atom. The predicted octanol–water partition coefficient (Wildman–Crippen LogP) is -0.204. The van der Waals surface area contributed by atoms with E-state index in [2.05, 4.69) is 15.0 Å². The van der Waals surface area contributed by atoms with Crippen molar-refractivity contribution in [2.24, 2.45) is 11.8 Å². The van der Waals surface area contributed by atoms with Gasteiger partial charge in [-0.1, -0.05) is 0 Å². The van der Waals surface area contributed by atoms with Gasteiger partial charge in [0.2, 0.25) is 6.29 Å². The largest absolute Gasteiger partial charge is 0.495 e. The minimum absolute atomic E-state index is 0.285. The van der Waals surface area contributed by atoms with E-state index in [9.17, 15) is 0 Å². The van der Waals surface area contributed by atoms with Crippen molar-refractivity contribution in [3.8, 4) is 5.75 Å². The van der Waals surface area contributed by atoms with Crippen molar-refractivity contribution in [1.82, 2.24) is 0 Å². The number of anilines is 2. The molecule has 0 heterocycles. The van der Waals surface area contributed by atoms with Crippen LogP contribution in [0.5, 0.6) is 5.75 Å². The van der Waals surface area contributed by atoms with Gasteiger partial charge in [-0.25, -0.2) is 11.8 Å². The molecule has 0 saturated carbocycles. The van der Waals surface area contributed by atoms with Crippen molar-refractivity contribution in [3.05, 3.63) is 18.2 Å². The van der Waals surface area contributed by atoms with E-state index in [1.807, 2.05) is 0 Å². The van der Waals surface area contributed by atoms with Gasteiger partial charge in [-0.3, -0.25) is 9.68 Å². The van der Waals surface area contributed by atoms with Gasteiger partial charge in [-0.05, 0) is 12.1 Å². The van der Waals surface area contributed by atoms with Crippen LogP contribution in [0.1, 0.15) is 0 Å². The summed E-state index contributed by atoms with van der Waals surface area (Å²) < 4.78 is 5.14. The second-order valence-corrected chi connectivity index (χ2v) is 3.04. The molecule has 0 unspecified atom stereocenters. The number of rotatable bonds is 6. The van der Waals surface area contributed by atoms with Crippen LogP contribution in [0.2, 0.25) is 0 Å². The summed E-state index contributed by atoms with van der Waals surface area (Å²) in [5.41, 5.74) is 6.98. The smallest absolute Gasteiger partial charge is 0.213 e. The lowest BCUT2D eigenvalue weighted by Gasteiger charge is -2.15. The number of hydrogen-bond acceptors (Lipinski definition) is 7. The second-order valence-electron chi connectivity index (χ2n) is 3.04. The highest BCUT2D eigenvalue weighted by Gasteiger charge is 2.08. The van der Waals surface area contributed by atoms with Crippen molar-refractivity contribution in [3.63, 3.8) is 0 Å². The maximum Gasteiger partial charge on any atom is 0.213 e. The van der Waals surface area contributed by atoms with Crippen molar-refractivity contribution in [1.29, 1.82) is 0 Å². The Morgan fingerprint density at radius 2 is 2.00 bits per heavy atom. The summed E-state index contributed by atoms with van der Waals surface area (Å²) in [5.74, 6) is 10.5. The molecule has 0 aliphatic carbocycles. The van der Waals surface area contributed by atoms with Crippen LogP contribution in [0.3, 0.4) is 0 Å². The van der Waals surface area contributed by atoms with Crippen LogP contribution in [0.4, 0.5) is 11.4 Å². The molecular weight excluding hydrogens is 212 g/mol. The van der Waals surface area contributed by atoms with Crippen LogP contribution < -0.4 is 27.6 Å². The van der Waals surface area contributed by atoms with E-state index in [1.54, 1.807) is 25.3 Å². The summed E-state index contributed by atoms with van der Waals surface area (Å²) in [7, 11) is 1.55. The van der Waals surface area contributed by atoms with E-state index in [1.165, 1.54) is 0 Å². The molecule has 16 heavy (non-hydrogen) atoms. The molecule has 1 aromatic carbocycles. The number of nitrogens with two attached hydrogens (primary N) is 3. The third kappa shape index (κ3) is 3.24. The molecule has 0 aliphatic rings. The monoisotopic (exact) mass is 228 g/mol. The SMILES string of the molecule is COc1cc(N)ccc1NCC(ON)ON. The van der Waals surface area contributed by atoms with E-state index in [4.69, 9.17) is 22.3 Å². The molecule has 0 radical (unpaired) electrons. The molecule has 0 saturated heterocycles. The van der Waals surface area contributed by atoms with Gasteiger partial charge in [0.15, 0.2) is 0 Å². The molecule has 0 atom stereocenters. The van der Waals surface area contributed by atoms with Crippen LogP contribution >= 0.6 is 0 Å². The molecule has 90 valence electrons. The van der Waals surface area contributed by atoms with Crippen LogP contribution in [-0.4, -0.2) is 19.9 Å². The van der Waals surface area contributed by atoms with Gasteiger partial charge in [0.1, 0.15) is 5.75 Å². The number of benzene rings is 1. The van der Waals surface area contributed by atoms with Gasteiger partial charge >= 0.3 is 0 Å². The molecule has 0 amide bonds. The standard InChI is InChI=1S/C9H16N4O3/c1-14-8-4-6(10)2-3-7(8)13-5-9(15-11)16-12/h2-4,9,13H,5,10-12H2,1H3. The van der Waals surface area contributed by atoms with Crippen molar-refractivity contribution in [2.45, 2.75) is 6.29 Å². The Morgan fingerprint density at radius 1 is 1.31 bits per heavy atom. The minimum atomic E-state index is -0.734. The Bertz CT molecular complexity index is 331. The molecule has 0 fully saturated rings. The number of ether oxygens (including phenoxy) is 1. The molecule has 0 aliphatic heterocycles. The minimum Gasteiger partial charge on any atom is -0.495 e. The topological polar surface area (TPSA) is 118 Å². The average Bonchev–Trinajstić information content (AvgIpc) is 2.31. The highest BCUT2D eigenvalue weighted by atomic mass is 16.8. The molecule has 7 nitrogen and oxygen atoms in total. The molecule has 0 spiro atoms. The van der Waals surface area contributed by atoms with Crippen LogP contribution in [0.15, 0.2) is 18.2 Å². The first kappa shape index (κ1) is 12.5. The maximum absolute atomic E-state index is 5.61. The third-order valence-corrected chi connectivity index (χ3v) is 1.99. The zero-order valence-electron chi connectivity index (χ0n) is 8.97. The molecular formula is C9H16N4O3. The summed E-state index contributed by atoms with van der Waals surface area (Å²) in [4.78, 5) is 8.89. The highest BCUT2D eigenvalue weighted by Crippen LogP contribution is 2.26. The van der Waals surface area contributed by atoms with Gasteiger partial charge in [0.25, 0.3) is 0 Å². The fourth-order valence-corrected chi connectivity index (χ4v) is 1.18. The van der Waals surface area contributed by atoms with E-state index in [-0.39, 0.29) is 6.54 Å². The lowest BCUT2D eigenvalue weighted by Crippen LogP contribution is -2.31. The first-order valence-corrected chi connectivity index (χ1v) is 4.59. The zero-order chi connectivity index (χ0) is 12.0. The van der Waals surface area contributed by atoms with Crippen molar-refractivity contribution >= 4 is 11.4 Å². The van der Waals surface area contributed by atoms with Crippen LogP contribution in [-0.2, 0) is 9.68 Å². The highest BCUT2D eigenvalue weighted by molar-refractivity contribution is 5.62. The average molecular weight is 228 g/mol. The van der Waals surface area contributed by atoms with Gasteiger partial charge in [-0.2, -0.15) is 0 Å². The van der Waals surface area contributed by atoms with Crippen molar-refractivity contribution < 1.29 is 14.4 Å². The van der Waals surface area contributed by atoms with Gasteiger partial charge in [-0.15, -0.1) is 0 Å². The van der Waals surface area contributed by atoms with Gasteiger partial charge in [0.05, 0.1) is 19.3 Å². The molecule has 1 rings (SSSR count). The first-order chi connectivity index (χ1) is 7.71. The normalized spacial score (nSPS) is 10.5. The van der Waals surface area contributed by atoms with Gasteiger partial charge in [0, 0.05) is 11.8 Å². The lowest BCUT2D eigenvalue weighted by molar-refractivity contribution is -0.138. The Labute approximate surface area is 93.3 Å². The lowest BCUT2D eigenvalue weighted by atomic mass is 10.2. The fraction of sp³-hybridized carbons (Fsp3) is 0.333. The van der Waals surface area contributed by atoms with E-state index >= 15 is 0 Å². The summed E-state index contributed by atoms with van der Waals surface area (Å²) in [6, 6.07) is 5.22. The van der Waals surface area contributed by atoms with Gasteiger partial charge < -0.3 is 15.8 Å². The number of methoxy groups -OCH3 is 1. The fourth-order valence-electron chi connectivity index (χ4n) is 1.18. The second kappa shape index (κ2) is 6.13. The Balaban J connectivity index is 2.65. The number of hydrogen-bond donors (Lipinski definition) is 4. The zero-order valence-corrected chi connectivity index (χ0v) is 8.97. The number of nitrogen functional groups attached to an aromatic ring is 1. The van der Waals surface area contributed by atoms with E-state index in [0.717, 1.165) is 5.69 Å². The number of nitrogens with one attached hydrogen (secondary N) is 1. The van der Waals surface area contributed by atoms with Crippen molar-refractivity contribution in [2.75, 3.05) is 24.7 Å². The predicted molar refractivity (Wildman–Crippen MR) is 60.2 cm³/mol. The quantitative estimate of drug-likeness (QED) is 0.302. The molecule has 1 aromatic rings. The Kier molecular flexibility index (Phi) is 4.80. The van der Waals surface area contributed by atoms with E-state index < -0.39 is 6.29 Å². The third-order valence-electron chi connectivity index (χ3n) is 1.99. The maximum atomic E-state index is 5.61. The summed E-state index contributed by atoms with van der Waals surface area (Å²) in [6.45, 7) is 0.285. The summed E-state index contributed by atoms with van der Waals surface area (Å²) in [5, 5.41) is 3.00. The van der Waals surface area contributed by atoms with E-state index in [0.29, 0.717) is 11.4 Å². The molecule has 7 N–H and O–H groups in total.